The molecular formula is C18H23NO2. The summed E-state index contributed by atoms with van der Waals surface area (Å²) in [4.78, 5) is 14.6. The zero-order chi connectivity index (χ0) is 15.5. The topological polar surface area (TPSA) is 40.5 Å². The van der Waals surface area contributed by atoms with Crippen LogP contribution in [0.1, 0.15) is 48.2 Å². The fourth-order valence-corrected chi connectivity index (χ4v) is 2.62. The van der Waals surface area contributed by atoms with Gasteiger partial charge in [-0.05, 0) is 36.5 Å². The summed E-state index contributed by atoms with van der Waals surface area (Å²) in [5.41, 5.74) is 2.71. The van der Waals surface area contributed by atoms with Gasteiger partial charge in [0.1, 0.15) is 0 Å². The van der Waals surface area contributed by atoms with Crippen LogP contribution in [0.3, 0.4) is 0 Å². The molecule has 0 unspecified atom stereocenters. The van der Waals surface area contributed by atoms with Crippen LogP contribution >= 0.6 is 0 Å². The highest BCUT2D eigenvalue weighted by molar-refractivity contribution is 5.97. The van der Waals surface area contributed by atoms with Crippen LogP contribution in [0, 0.1) is 24.2 Å². The lowest BCUT2D eigenvalue weighted by atomic mass is 9.93. The molecule has 0 atom stereocenters. The smallest absolute Gasteiger partial charge is 0.255 e. The largest absolute Gasteiger partial charge is 0.395 e. The molecule has 0 aliphatic carbocycles. The molecule has 1 aromatic carbocycles. The zero-order valence-corrected chi connectivity index (χ0v) is 13.1. The Hall–Kier alpha value is -1.79. The number of aliphatic hydroxyl groups excluding tert-OH is 1. The lowest BCUT2D eigenvalue weighted by Gasteiger charge is -2.20. The summed E-state index contributed by atoms with van der Waals surface area (Å²) < 4.78 is 0. The minimum absolute atomic E-state index is 0.0441. The van der Waals surface area contributed by atoms with Crippen molar-refractivity contribution in [1.29, 1.82) is 0 Å². The first kappa shape index (κ1) is 15.6. The van der Waals surface area contributed by atoms with Gasteiger partial charge in [-0.3, -0.25) is 4.79 Å². The van der Waals surface area contributed by atoms with Gasteiger partial charge in [0.25, 0.3) is 5.91 Å². The number of hydrogen-bond acceptors (Lipinski definition) is 2. The molecule has 0 bridgehead atoms. The molecule has 3 nitrogen and oxygen atoms in total. The van der Waals surface area contributed by atoms with E-state index in [0.717, 1.165) is 30.6 Å². The normalized spacial score (nSPS) is 16.5. The second-order valence-electron chi connectivity index (χ2n) is 6.47. The SMILES string of the molecule is Cc1ccc(C(=O)N2CCC(C)(C)C2)c(C#CCCO)c1. The number of likely N-dealkylation sites (tertiary alicyclic amines) is 1. The van der Waals surface area contributed by atoms with Gasteiger partial charge >= 0.3 is 0 Å². The fraction of sp³-hybridized carbons (Fsp3) is 0.500. The van der Waals surface area contributed by atoms with Crippen molar-refractivity contribution in [3.63, 3.8) is 0 Å². The molecule has 1 amide bonds. The molecule has 21 heavy (non-hydrogen) atoms. The number of rotatable bonds is 2. The van der Waals surface area contributed by atoms with Crippen LogP contribution in [0.5, 0.6) is 0 Å². The maximum Gasteiger partial charge on any atom is 0.255 e. The summed E-state index contributed by atoms with van der Waals surface area (Å²) in [5, 5.41) is 8.83. The summed E-state index contributed by atoms with van der Waals surface area (Å²) in [6.45, 7) is 8.02. The van der Waals surface area contributed by atoms with Gasteiger partial charge in [0.05, 0.1) is 12.2 Å². The molecule has 1 aliphatic rings. The average molecular weight is 285 g/mol. The molecule has 112 valence electrons. The number of carbonyl (C=O) groups is 1. The highest BCUT2D eigenvalue weighted by Crippen LogP contribution is 2.30. The molecule has 1 saturated heterocycles. The number of amides is 1. The van der Waals surface area contributed by atoms with Gasteiger partial charge in [-0.15, -0.1) is 0 Å². The van der Waals surface area contributed by atoms with Gasteiger partial charge < -0.3 is 10.0 Å². The Balaban J connectivity index is 2.27. The summed E-state index contributed by atoms with van der Waals surface area (Å²) >= 11 is 0. The third-order valence-corrected chi connectivity index (χ3v) is 3.83. The average Bonchev–Trinajstić information content (AvgIpc) is 2.79. The Kier molecular flexibility index (Phi) is 4.69. The van der Waals surface area contributed by atoms with E-state index < -0.39 is 0 Å². The van der Waals surface area contributed by atoms with Gasteiger partial charge in [-0.25, -0.2) is 0 Å². The number of aliphatic hydroxyl groups is 1. The number of carbonyl (C=O) groups excluding carboxylic acids is 1. The van der Waals surface area contributed by atoms with E-state index in [1.807, 2.05) is 30.0 Å². The van der Waals surface area contributed by atoms with Crippen molar-refractivity contribution < 1.29 is 9.90 Å². The Bertz CT molecular complexity index is 593. The van der Waals surface area contributed by atoms with Crippen molar-refractivity contribution in [3.05, 3.63) is 34.9 Å². The van der Waals surface area contributed by atoms with Crippen molar-refractivity contribution in [1.82, 2.24) is 4.90 Å². The minimum Gasteiger partial charge on any atom is -0.395 e. The van der Waals surface area contributed by atoms with Crippen molar-refractivity contribution in [2.75, 3.05) is 19.7 Å². The van der Waals surface area contributed by atoms with E-state index in [2.05, 4.69) is 25.7 Å². The van der Waals surface area contributed by atoms with E-state index in [4.69, 9.17) is 5.11 Å². The maximum atomic E-state index is 12.7. The molecule has 2 rings (SSSR count). The van der Waals surface area contributed by atoms with Crippen molar-refractivity contribution in [2.45, 2.75) is 33.6 Å². The lowest BCUT2D eigenvalue weighted by molar-refractivity contribution is 0.0778. The predicted octanol–water partition coefficient (Wildman–Crippen LogP) is 2.60. The Morgan fingerprint density at radius 3 is 2.81 bits per heavy atom. The van der Waals surface area contributed by atoms with Crippen molar-refractivity contribution in [3.8, 4) is 11.8 Å². The highest BCUT2D eigenvalue weighted by atomic mass is 16.2. The molecule has 3 heteroatoms. The van der Waals surface area contributed by atoms with E-state index in [1.165, 1.54) is 0 Å². The van der Waals surface area contributed by atoms with Gasteiger partial charge in [-0.2, -0.15) is 0 Å². The summed E-state index contributed by atoms with van der Waals surface area (Å²) in [5.74, 6) is 6.00. The second-order valence-corrected chi connectivity index (χ2v) is 6.47. The monoisotopic (exact) mass is 285 g/mol. The molecule has 0 spiro atoms. The van der Waals surface area contributed by atoms with Crippen molar-refractivity contribution >= 4 is 5.91 Å². The van der Waals surface area contributed by atoms with Crippen LogP contribution in [0.4, 0.5) is 0 Å². The molecule has 0 aromatic heterocycles. The summed E-state index contributed by atoms with van der Waals surface area (Å²) in [6.07, 6.45) is 1.47. The minimum atomic E-state index is 0.0441. The first-order valence-corrected chi connectivity index (χ1v) is 7.43. The Morgan fingerprint density at radius 2 is 2.19 bits per heavy atom. The predicted molar refractivity (Wildman–Crippen MR) is 84.1 cm³/mol. The molecule has 0 saturated carbocycles. The molecule has 0 radical (unpaired) electrons. The first-order valence-electron chi connectivity index (χ1n) is 7.43. The quantitative estimate of drug-likeness (QED) is 0.849. The number of benzene rings is 1. The third kappa shape index (κ3) is 3.86. The number of hydrogen-bond donors (Lipinski definition) is 1. The molecule has 1 aliphatic heterocycles. The first-order chi connectivity index (χ1) is 9.93. The van der Waals surface area contributed by atoms with Crippen LogP contribution < -0.4 is 0 Å². The summed E-state index contributed by atoms with van der Waals surface area (Å²) in [6, 6.07) is 5.76. The molecule has 1 N–H and O–H groups in total. The maximum absolute atomic E-state index is 12.7. The van der Waals surface area contributed by atoms with Crippen LogP contribution in [0.15, 0.2) is 18.2 Å². The van der Waals surface area contributed by atoms with Crippen LogP contribution in [0.2, 0.25) is 0 Å². The zero-order valence-electron chi connectivity index (χ0n) is 13.1. The highest BCUT2D eigenvalue weighted by Gasteiger charge is 2.32. The van der Waals surface area contributed by atoms with Gasteiger partial charge in [0, 0.05) is 25.1 Å². The van der Waals surface area contributed by atoms with Crippen molar-refractivity contribution in [2.24, 2.45) is 5.41 Å². The molecule has 1 fully saturated rings. The van der Waals surface area contributed by atoms with Crippen LogP contribution in [-0.2, 0) is 0 Å². The Morgan fingerprint density at radius 1 is 1.43 bits per heavy atom. The third-order valence-electron chi connectivity index (χ3n) is 3.83. The number of aryl methyl sites for hydroxylation is 1. The van der Waals surface area contributed by atoms with E-state index in [1.54, 1.807) is 0 Å². The molecule has 1 heterocycles. The fourth-order valence-electron chi connectivity index (χ4n) is 2.62. The van der Waals surface area contributed by atoms with E-state index in [0.29, 0.717) is 12.0 Å². The standard InChI is InChI=1S/C18H23NO2/c1-14-7-8-16(15(12-14)6-4-5-11-20)17(21)19-10-9-18(2,3)13-19/h7-8,12,20H,5,9-11,13H2,1-3H3. The van der Waals surface area contributed by atoms with Crippen LogP contribution in [0.25, 0.3) is 0 Å². The van der Waals surface area contributed by atoms with Gasteiger partial charge in [-0.1, -0.05) is 31.8 Å². The van der Waals surface area contributed by atoms with E-state index in [-0.39, 0.29) is 17.9 Å². The van der Waals surface area contributed by atoms with E-state index in [9.17, 15) is 4.79 Å². The Labute approximate surface area is 127 Å². The lowest BCUT2D eigenvalue weighted by Crippen LogP contribution is -2.30. The van der Waals surface area contributed by atoms with Gasteiger partial charge in [0.15, 0.2) is 0 Å². The summed E-state index contributed by atoms with van der Waals surface area (Å²) in [7, 11) is 0. The molecular weight excluding hydrogens is 262 g/mol. The second kappa shape index (κ2) is 6.32. The number of nitrogens with zero attached hydrogens (tertiary/aromatic N) is 1. The van der Waals surface area contributed by atoms with E-state index >= 15 is 0 Å². The van der Waals surface area contributed by atoms with Crippen LogP contribution in [-0.4, -0.2) is 35.6 Å². The molecule has 1 aromatic rings. The van der Waals surface area contributed by atoms with Gasteiger partial charge in [0.2, 0.25) is 0 Å².